The summed E-state index contributed by atoms with van der Waals surface area (Å²) in [6, 6.07) is 1.84. The van der Waals surface area contributed by atoms with E-state index in [4.69, 9.17) is 5.26 Å². The zero-order valence-electron chi connectivity index (χ0n) is 11.1. The van der Waals surface area contributed by atoms with Gasteiger partial charge in [0.1, 0.15) is 0 Å². The first-order chi connectivity index (χ1) is 10.3. The van der Waals surface area contributed by atoms with E-state index in [2.05, 4.69) is 26.7 Å². The fraction of sp³-hybridized carbons (Fsp3) is 0.308. The molecule has 1 saturated heterocycles. The van der Waals surface area contributed by atoms with Crippen molar-refractivity contribution >= 4 is 22.4 Å². The van der Waals surface area contributed by atoms with Gasteiger partial charge >= 0.3 is 0 Å². The molecule has 1 amide bonds. The van der Waals surface area contributed by atoms with Crippen LogP contribution in [0.1, 0.15) is 6.42 Å². The van der Waals surface area contributed by atoms with Crippen LogP contribution in [0.5, 0.6) is 0 Å². The number of thiazole rings is 1. The lowest BCUT2D eigenvalue weighted by atomic mass is 10.1. The lowest BCUT2D eigenvalue weighted by Gasteiger charge is -2.08. The van der Waals surface area contributed by atoms with E-state index in [1.54, 1.807) is 23.5 Å². The molecule has 1 fully saturated rings. The normalized spacial score (nSPS) is 17.5. The molecule has 21 heavy (non-hydrogen) atoms. The van der Waals surface area contributed by atoms with Crippen LogP contribution in [-0.4, -0.2) is 39.1 Å². The molecule has 3 heterocycles. The molecular weight excluding hydrogens is 288 g/mol. The zero-order chi connectivity index (χ0) is 14.7. The Morgan fingerprint density at radius 1 is 1.48 bits per heavy atom. The van der Waals surface area contributed by atoms with Crippen LogP contribution in [-0.2, 0) is 4.79 Å². The number of nitriles is 1. The monoisotopic (exact) mass is 300 g/mol. The van der Waals surface area contributed by atoms with Gasteiger partial charge in [-0.25, -0.2) is 4.98 Å². The van der Waals surface area contributed by atoms with Gasteiger partial charge in [-0.1, -0.05) is 11.3 Å². The van der Waals surface area contributed by atoms with E-state index < -0.39 is 0 Å². The molecule has 8 heteroatoms. The second kappa shape index (κ2) is 5.85. The van der Waals surface area contributed by atoms with Crippen molar-refractivity contribution in [1.29, 1.82) is 5.26 Å². The molecule has 3 rings (SSSR count). The lowest BCUT2D eigenvalue weighted by molar-refractivity contribution is -0.119. The van der Waals surface area contributed by atoms with Gasteiger partial charge in [0.15, 0.2) is 11.3 Å². The Hall–Kier alpha value is -2.53. The highest BCUT2D eigenvalue weighted by Gasteiger charge is 2.28. The number of hydrogen-bond acceptors (Lipinski definition) is 7. The Morgan fingerprint density at radius 3 is 3.10 bits per heavy atom. The lowest BCUT2D eigenvalue weighted by Crippen LogP contribution is -2.25. The third-order valence-electron chi connectivity index (χ3n) is 3.31. The van der Waals surface area contributed by atoms with Crippen LogP contribution in [0.4, 0.5) is 5.13 Å². The SMILES string of the molecule is N#CN1CC[C@H](C(=O)Nc2ncc(-c3ccnnc3)s2)C1. The minimum atomic E-state index is -0.153. The van der Waals surface area contributed by atoms with Gasteiger partial charge in [-0.2, -0.15) is 15.5 Å². The van der Waals surface area contributed by atoms with E-state index in [0.717, 1.165) is 10.4 Å². The third kappa shape index (κ3) is 2.98. The number of anilines is 1. The molecule has 0 saturated carbocycles. The minimum absolute atomic E-state index is 0.0819. The van der Waals surface area contributed by atoms with Crippen LogP contribution in [0.2, 0.25) is 0 Å². The quantitative estimate of drug-likeness (QED) is 0.860. The van der Waals surface area contributed by atoms with Gasteiger partial charge in [-0.3, -0.25) is 4.79 Å². The summed E-state index contributed by atoms with van der Waals surface area (Å²) in [7, 11) is 0. The van der Waals surface area contributed by atoms with Crippen LogP contribution in [0.25, 0.3) is 10.4 Å². The Bertz CT molecular complexity index is 679. The second-order valence-electron chi connectivity index (χ2n) is 4.68. The van der Waals surface area contributed by atoms with Crippen LogP contribution in [0.3, 0.4) is 0 Å². The number of amides is 1. The third-order valence-corrected chi connectivity index (χ3v) is 4.27. The first-order valence-corrected chi connectivity index (χ1v) is 7.26. The molecule has 0 spiro atoms. The molecule has 0 aromatic carbocycles. The van der Waals surface area contributed by atoms with Crippen LogP contribution in [0, 0.1) is 17.4 Å². The molecule has 0 bridgehead atoms. The largest absolute Gasteiger partial charge is 0.310 e. The van der Waals surface area contributed by atoms with Gasteiger partial charge in [0, 0.05) is 24.8 Å². The summed E-state index contributed by atoms with van der Waals surface area (Å²) in [5.41, 5.74) is 0.916. The Labute approximate surface area is 125 Å². The molecule has 1 aliphatic heterocycles. The zero-order valence-corrected chi connectivity index (χ0v) is 11.9. The smallest absolute Gasteiger partial charge is 0.231 e. The first-order valence-electron chi connectivity index (χ1n) is 6.44. The highest BCUT2D eigenvalue weighted by molar-refractivity contribution is 7.19. The van der Waals surface area contributed by atoms with Gasteiger partial charge in [-0.15, -0.1) is 0 Å². The number of likely N-dealkylation sites (tertiary alicyclic amines) is 1. The number of hydrogen-bond donors (Lipinski definition) is 1. The fourth-order valence-electron chi connectivity index (χ4n) is 2.17. The van der Waals surface area contributed by atoms with Gasteiger partial charge < -0.3 is 10.2 Å². The van der Waals surface area contributed by atoms with Gasteiger partial charge in [0.25, 0.3) is 0 Å². The summed E-state index contributed by atoms with van der Waals surface area (Å²) in [4.78, 5) is 18.8. The minimum Gasteiger partial charge on any atom is -0.310 e. The predicted octanol–water partition coefficient (Wildman–Crippen LogP) is 1.34. The standard InChI is InChI=1S/C13H12N6OS/c14-8-19-4-2-10(7-19)12(20)18-13-15-6-11(21-13)9-1-3-16-17-5-9/h1,3,5-6,10H,2,4,7H2,(H,15,18,20)/t10-/m0/s1. The second-order valence-corrected chi connectivity index (χ2v) is 5.71. The highest BCUT2D eigenvalue weighted by Crippen LogP contribution is 2.28. The van der Waals surface area contributed by atoms with Crippen molar-refractivity contribution in [3.8, 4) is 16.6 Å². The summed E-state index contributed by atoms with van der Waals surface area (Å²) < 4.78 is 0. The average Bonchev–Trinajstić information content (AvgIpc) is 3.17. The van der Waals surface area contributed by atoms with E-state index in [9.17, 15) is 4.79 Å². The topological polar surface area (TPSA) is 94.8 Å². The summed E-state index contributed by atoms with van der Waals surface area (Å²) in [6.45, 7) is 1.12. The van der Waals surface area contributed by atoms with Crippen molar-refractivity contribution in [3.05, 3.63) is 24.7 Å². The maximum absolute atomic E-state index is 12.1. The predicted molar refractivity (Wildman–Crippen MR) is 77.1 cm³/mol. The molecule has 0 radical (unpaired) electrons. The van der Waals surface area contributed by atoms with Gasteiger partial charge in [-0.05, 0) is 12.5 Å². The average molecular weight is 300 g/mol. The maximum Gasteiger partial charge on any atom is 0.231 e. The van der Waals surface area contributed by atoms with Gasteiger partial charge in [0.2, 0.25) is 5.91 Å². The van der Waals surface area contributed by atoms with Crippen molar-refractivity contribution in [3.63, 3.8) is 0 Å². The molecule has 0 aliphatic carbocycles. The van der Waals surface area contributed by atoms with E-state index in [0.29, 0.717) is 24.6 Å². The molecule has 7 nitrogen and oxygen atoms in total. The summed E-state index contributed by atoms with van der Waals surface area (Å²) >= 11 is 1.39. The van der Waals surface area contributed by atoms with Crippen LogP contribution >= 0.6 is 11.3 Å². The van der Waals surface area contributed by atoms with Crippen molar-refractivity contribution in [2.75, 3.05) is 18.4 Å². The number of nitrogens with one attached hydrogen (secondary N) is 1. The fourth-order valence-corrected chi connectivity index (χ4v) is 2.98. The van der Waals surface area contributed by atoms with Gasteiger partial charge in [0.05, 0.1) is 23.2 Å². The molecule has 1 atom stereocenters. The summed E-state index contributed by atoms with van der Waals surface area (Å²) in [5.74, 6) is -0.235. The number of carbonyl (C=O) groups is 1. The van der Waals surface area contributed by atoms with Crippen molar-refractivity contribution < 1.29 is 4.79 Å². The van der Waals surface area contributed by atoms with E-state index in [1.165, 1.54) is 11.3 Å². The maximum atomic E-state index is 12.1. The Morgan fingerprint density at radius 2 is 2.38 bits per heavy atom. The molecule has 0 unspecified atom stereocenters. The molecule has 106 valence electrons. The van der Waals surface area contributed by atoms with Crippen molar-refractivity contribution in [2.45, 2.75) is 6.42 Å². The summed E-state index contributed by atoms with van der Waals surface area (Å²) in [6.07, 6.45) is 7.73. The van der Waals surface area contributed by atoms with Crippen LogP contribution < -0.4 is 5.32 Å². The van der Waals surface area contributed by atoms with E-state index in [1.807, 2.05) is 6.07 Å². The van der Waals surface area contributed by atoms with Crippen molar-refractivity contribution in [1.82, 2.24) is 20.1 Å². The molecule has 1 N–H and O–H groups in total. The summed E-state index contributed by atoms with van der Waals surface area (Å²) in [5, 5.41) is 19.7. The molecular formula is C13H12N6OS. The molecule has 2 aromatic heterocycles. The van der Waals surface area contributed by atoms with E-state index in [-0.39, 0.29) is 11.8 Å². The highest BCUT2D eigenvalue weighted by atomic mass is 32.1. The van der Waals surface area contributed by atoms with Crippen molar-refractivity contribution in [2.24, 2.45) is 5.92 Å². The number of carbonyl (C=O) groups excluding carboxylic acids is 1. The first kappa shape index (κ1) is 13.5. The number of aromatic nitrogens is 3. The Kier molecular flexibility index (Phi) is 3.75. The molecule has 2 aromatic rings. The number of nitrogens with zero attached hydrogens (tertiary/aromatic N) is 5. The van der Waals surface area contributed by atoms with E-state index >= 15 is 0 Å². The Balaban J connectivity index is 1.65. The van der Waals surface area contributed by atoms with Crippen LogP contribution in [0.15, 0.2) is 24.7 Å². The number of rotatable bonds is 3. The molecule has 1 aliphatic rings.